The van der Waals surface area contributed by atoms with Crippen LogP contribution in [0.25, 0.3) is 22.2 Å². The molecule has 0 aliphatic carbocycles. The van der Waals surface area contributed by atoms with Crippen molar-refractivity contribution in [2.75, 3.05) is 13.2 Å². The lowest BCUT2D eigenvalue weighted by Crippen LogP contribution is -2.46. The van der Waals surface area contributed by atoms with Gasteiger partial charge in [0.25, 0.3) is 0 Å². The first-order valence-electron chi connectivity index (χ1n) is 11.9. The minimum absolute atomic E-state index is 0.122. The number of rotatable bonds is 14. The summed E-state index contributed by atoms with van der Waals surface area (Å²) in [5.74, 6) is -1.65. The number of benzene rings is 1. The van der Waals surface area contributed by atoms with Crippen LogP contribution in [0.15, 0.2) is 60.9 Å². The zero-order valence-corrected chi connectivity index (χ0v) is 22.2. The molecule has 0 saturated carbocycles. The Hall–Kier alpha value is -3.76. The number of hydrogen-bond donors (Lipinski definition) is 0. The number of carbonyl (C=O) groups is 1. The van der Waals surface area contributed by atoms with E-state index in [2.05, 4.69) is 30.5 Å². The predicted molar refractivity (Wildman–Crippen MR) is 130 cm³/mol. The third-order valence-corrected chi connectivity index (χ3v) is 5.19. The second-order valence-corrected chi connectivity index (χ2v) is 9.11. The van der Waals surface area contributed by atoms with Gasteiger partial charge in [-0.25, -0.2) is 19.0 Å². The fourth-order valence-electron chi connectivity index (χ4n) is 3.61. The number of hydrogen-bond acceptors (Lipinski definition) is 7. The van der Waals surface area contributed by atoms with E-state index < -0.39 is 44.0 Å². The van der Waals surface area contributed by atoms with Crippen LogP contribution in [0.1, 0.15) is 26.8 Å². The van der Waals surface area contributed by atoms with Crippen molar-refractivity contribution in [1.29, 1.82) is 0 Å². The molecule has 1 aromatic carbocycles. The number of aromatic nitrogens is 2. The Labute approximate surface area is 233 Å². The number of nitrogens with zero attached hydrogens (tertiary/aromatic N) is 2. The topological polar surface area (TPSA) is 81.0 Å². The standard InChI is InChI=1S/C26H24F8N2O6/c1-15(2)22(37)39-14-24(29,30)41-26(33,34)42-25(31,32)40-23(27,28)13-38-19-8-7-17-10-20(18-6-5-9-35-12-18)36(16(3)4)21(17)11-19/h5-12,16H,1,13-14H2,2-4H3. The van der Waals surface area contributed by atoms with Crippen LogP contribution in [0, 0.1) is 0 Å². The van der Waals surface area contributed by atoms with E-state index in [1.807, 2.05) is 30.5 Å². The summed E-state index contributed by atoms with van der Waals surface area (Å²) in [7, 11) is 0. The second kappa shape index (κ2) is 12.2. The van der Waals surface area contributed by atoms with Crippen molar-refractivity contribution in [1.82, 2.24) is 9.55 Å². The van der Waals surface area contributed by atoms with E-state index in [-0.39, 0.29) is 17.4 Å². The Bertz CT molecular complexity index is 1410. The maximum atomic E-state index is 14.1. The summed E-state index contributed by atoms with van der Waals surface area (Å²) in [5.41, 5.74) is 1.66. The Morgan fingerprint density at radius 1 is 0.929 bits per heavy atom. The van der Waals surface area contributed by atoms with E-state index in [9.17, 15) is 39.9 Å². The van der Waals surface area contributed by atoms with Gasteiger partial charge in [-0.2, -0.15) is 17.6 Å². The minimum Gasteiger partial charge on any atom is -0.484 e. The summed E-state index contributed by atoms with van der Waals surface area (Å²) in [5, 5.41) is 0.686. The molecular weight excluding hydrogens is 588 g/mol. The first-order valence-corrected chi connectivity index (χ1v) is 11.9. The molecule has 0 aliphatic rings. The Balaban J connectivity index is 1.67. The summed E-state index contributed by atoms with van der Waals surface area (Å²) in [6.45, 7) is 3.76. The highest BCUT2D eigenvalue weighted by atomic mass is 19.3. The van der Waals surface area contributed by atoms with Crippen LogP contribution in [0.4, 0.5) is 35.1 Å². The van der Waals surface area contributed by atoms with E-state index >= 15 is 0 Å². The number of alkyl halides is 8. The van der Waals surface area contributed by atoms with Crippen LogP contribution in [-0.2, 0) is 23.7 Å². The largest absolute Gasteiger partial charge is 0.496 e. The molecule has 3 rings (SSSR count). The van der Waals surface area contributed by atoms with Gasteiger partial charge in [0.1, 0.15) is 5.75 Å². The Kier molecular flexibility index (Phi) is 9.54. The van der Waals surface area contributed by atoms with Gasteiger partial charge < -0.3 is 14.0 Å². The lowest BCUT2D eigenvalue weighted by molar-refractivity contribution is -0.574. The molecule has 0 atom stereocenters. The van der Waals surface area contributed by atoms with Crippen molar-refractivity contribution in [3.8, 4) is 17.0 Å². The molecule has 0 fully saturated rings. The summed E-state index contributed by atoms with van der Waals surface area (Å²) in [6, 6.07) is 9.37. The van der Waals surface area contributed by atoms with Gasteiger partial charge in [-0.3, -0.25) is 4.98 Å². The molecular formula is C26H24F8N2O6. The molecule has 0 N–H and O–H groups in total. The highest BCUT2D eigenvalue weighted by molar-refractivity contribution is 5.88. The van der Waals surface area contributed by atoms with E-state index in [4.69, 9.17) is 4.74 Å². The van der Waals surface area contributed by atoms with Crippen LogP contribution in [0.2, 0.25) is 0 Å². The normalized spacial score (nSPS) is 13.0. The van der Waals surface area contributed by atoms with Gasteiger partial charge in [0.15, 0.2) is 13.2 Å². The molecule has 3 aromatic rings. The number of halogens is 8. The smallest absolute Gasteiger partial charge is 0.484 e. The third-order valence-electron chi connectivity index (χ3n) is 5.19. The van der Waals surface area contributed by atoms with Crippen LogP contribution in [0.5, 0.6) is 5.75 Å². The average molecular weight is 612 g/mol. The number of fused-ring (bicyclic) bond motifs is 1. The van der Waals surface area contributed by atoms with Crippen molar-refractivity contribution in [3.05, 3.63) is 60.9 Å². The molecule has 0 spiro atoms. The van der Waals surface area contributed by atoms with Crippen molar-refractivity contribution < 1.29 is 63.6 Å². The molecule has 0 radical (unpaired) electrons. The average Bonchev–Trinajstić information content (AvgIpc) is 3.23. The predicted octanol–water partition coefficient (Wildman–Crippen LogP) is 7.12. The van der Waals surface area contributed by atoms with Gasteiger partial charge >= 0.3 is 30.8 Å². The lowest BCUT2D eigenvalue weighted by Gasteiger charge is -2.27. The molecule has 0 bridgehead atoms. The lowest BCUT2D eigenvalue weighted by atomic mass is 10.2. The number of ether oxygens (including phenoxy) is 5. The zero-order valence-electron chi connectivity index (χ0n) is 22.2. The first-order chi connectivity index (χ1) is 19.3. The fraction of sp³-hybridized carbons (Fsp3) is 0.385. The van der Waals surface area contributed by atoms with Gasteiger partial charge in [0.2, 0.25) is 0 Å². The first kappa shape index (κ1) is 32.8. The van der Waals surface area contributed by atoms with E-state index in [1.165, 1.54) is 18.2 Å². The molecule has 42 heavy (non-hydrogen) atoms. The second-order valence-electron chi connectivity index (χ2n) is 9.11. The molecule has 2 aromatic heterocycles. The number of carbonyl (C=O) groups excluding carboxylic acids is 1. The van der Waals surface area contributed by atoms with Gasteiger partial charge in [-0.15, -0.1) is 17.6 Å². The summed E-state index contributed by atoms with van der Waals surface area (Å²) in [6.07, 6.45) is -18.6. The van der Waals surface area contributed by atoms with Crippen molar-refractivity contribution in [2.45, 2.75) is 51.6 Å². The zero-order chi connectivity index (χ0) is 31.5. The molecule has 8 nitrogen and oxygen atoms in total. The molecule has 230 valence electrons. The van der Waals surface area contributed by atoms with Gasteiger partial charge in [-0.1, -0.05) is 6.58 Å². The Morgan fingerprint density at radius 3 is 2.10 bits per heavy atom. The molecule has 0 saturated heterocycles. The van der Waals surface area contributed by atoms with Gasteiger partial charge in [-0.05, 0) is 51.1 Å². The fourth-order valence-corrected chi connectivity index (χ4v) is 3.61. The molecule has 2 heterocycles. The third kappa shape index (κ3) is 8.87. The van der Waals surface area contributed by atoms with Crippen LogP contribution in [-0.4, -0.2) is 53.5 Å². The maximum absolute atomic E-state index is 14.1. The maximum Gasteiger partial charge on any atom is 0.496 e. The minimum atomic E-state index is -5.88. The summed E-state index contributed by atoms with van der Waals surface area (Å²) in [4.78, 5) is 15.2. The van der Waals surface area contributed by atoms with Crippen molar-refractivity contribution >= 4 is 16.9 Å². The molecule has 0 amide bonds. The van der Waals surface area contributed by atoms with Gasteiger partial charge in [0.05, 0.1) is 11.2 Å². The molecule has 0 aliphatic heterocycles. The SMILES string of the molecule is C=C(C)C(=O)OCC(F)(F)OC(F)(F)OC(F)(F)OC(F)(F)COc1ccc2cc(-c3cccnc3)n(C(C)C)c2c1. The monoisotopic (exact) mass is 612 g/mol. The van der Waals surface area contributed by atoms with E-state index in [0.717, 1.165) is 18.2 Å². The summed E-state index contributed by atoms with van der Waals surface area (Å²) >= 11 is 0. The van der Waals surface area contributed by atoms with Crippen LogP contribution >= 0.6 is 0 Å². The Morgan fingerprint density at radius 2 is 1.55 bits per heavy atom. The van der Waals surface area contributed by atoms with Crippen molar-refractivity contribution in [2.24, 2.45) is 0 Å². The highest BCUT2D eigenvalue weighted by Gasteiger charge is 2.57. The van der Waals surface area contributed by atoms with Gasteiger partial charge in [0, 0.05) is 41.0 Å². The quantitative estimate of drug-likeness (QED) is 0.0830. The number of esters is 1. The van der Waals surface area contributed by atoms with Crippen LogP contribution < -0.4 is 4.74 Å². The number of pyridine rings is 1. The van der Waals surface area contributed by atoms with E-state index in [1.54, 1.807) is 18.5 Å². The van der Waals surface area contributed by atoms with Crippen LogP contribution in [0.3, 0.4) is 0 Å². The molecule has 16 heteroatoms. The summed E-state index contributed by atoms with van der Waals surface area (Å²) < 4.78 is 129. The molecule has 0 unspecified atom stereocenters. The van der Waals surface area contributed by atoms with Crippen molar-refractivity contribution in [3.63, 3.8) is 0 Å². The highest BCUT2D eigenvalue weighted by Crippen LogP contribution is 2.38. The van der Waals surface area contributed by atoms with E-state index in [0.29, 0.717) is 10.9 Å².